The number of hydrogen-bond donors (Lipinski definition) is 2. The zero-order valence-electron chi connectivity index (χ0n) is 10.3. The second-order valence-electron chi connectivity index (χ2n) is 4.00. The average molecular weight is 372 g/mol. The third kappa shape index (κ3) is 3.22. The Kier molecular flexibility index (Phi) is 4.35. The van der Waals surface area contributed by atoms with Crippen LogP contribution in [0.2, 0.25) is 0 Å². The summed E-state index contributed by atoms with van der Waals surface area (Å²) in [5.74, 6) is 0.773. The first-order valence-corrected chi connectivity index (χ1v) is 6.89. The summed E-state index contributed by atoms with van der Waals surface area (Å²) < 4.78 is 0.834. The van der Waals surface area contributed by atoms with Crippen LogP contribution in [0.1, 0.15) is 25.2 Å². The third-order valence-corrected chi connectivity index (χ3v) is 3.41. The van der Waals surface area contributed by atoms with Crippen LogP contribution in [-0.4, -0.2) is 14.9 Å². The number of aromatic amines is 1. The van der Waals surface area contributed by atoms with Crippen molar-refractivity contribution in [2.75, 3.05) is 5.32 Å². The number of benzene rings is 1. The summed E-state index contributed by atoms with van der Waals surface area (Å²) in [6.07, 6.45) is 4.18. The minimum atomic E-state index is -0.376. The molecule has 2 aromatic rings. The summed E-state index contributed by atoms with van der Waals surface area (Å²) in [6, 6.07) is 5.04. The van der Waals surface area contributed by atoms with Crippen LogP contribution in [0.15, 0.2) is 30.6 Å². The highest BCUT2D eigenvalue weighted by atomic mass is 127. The maximum atomic E-state index is 11.1. The van der Waals surface area contributed by atoms with E-state index < -0.39 is 0 Å². The molecule has 0 aliphatic heterocycles. The summed E-state index contributed by atoms with van der Waals surface area (Å²) in [7, 11) is 0. The first-order valence-electron chi connectivity index (χ1n) is 5.81. The summed E-state index contributed by atoms with van der Waals surface area (Å²) in [5, 5.41) is 14.2. The maximum Gasteiger partial charge on any atom is 0.293 e. The minimum absolute atomic E-state index is 0.0752. The number of anilines is 1. The molecule has 1 heterocycles. The molecule has 2 rings (SSSR count). The van der Waals surface area contributed by atoms with E-state index in [9.17, 15) is 10.1 Å². The fraction of sp³-hybridized carbons (Fsp3) is 0.250. The molecule has 100 valence electrons. The van der Waals surface area contributed by atoms with Gasteiger partial charge in [0.1, 0.15) is 11.5 Å². The number of nitrogens with one attached hydrogen (secondary N) is 2. The van der Waals surface area contributed by atoms with E-state index in [2.05, 4.69) is 37.9 Å². The fourth-order valence-electron chi connectivity index (χ4n) is 1.80. The van der Waals surface area contributed by atoms with Gasteiger partial charge in [0.05, 0.1) is 11.0 Å². The van der Waals surface area contributed by atoms with E-state index in [1.807, 2.05) is 13.0 Å². The van der Waals surface area contributed by atoms with Crippen molar-refractivity contribution in [3.8, 4) is 0 Å². The number of hydrogen-bond acceptors (Lipinski definition) is 4. The van der Waals surface area contributed by atoms with Gasteiger partial charge in [-0.25, -0.2) is 4.98 Å². The average Bonchev–Trinajstić information content (AvgIpc) is 2.90. The summed E-state index contributed by atoms with van der Waals surface area (Å²) in [4.78, 5) is 17.9. The van der Waals surface area contributed by atoms with Crippen molar-refractivity contribution in [3.05, 3.63) is 50.1 Å². The molecule has 1 unspecified atom stereocenters. The number of rotatable bonds is 5. The summed E-state index contributed by atoms with van der Waals surface area (Å²) in [5.41, 5.74) is 0.588. The second kappa shape index (κ2) is 6.00. The molecule has 2 N–H and O–H groups in total. The molecule has 19 heavy (non-hydrogen) atoms. The van der Waals surface area contributed by atoms with Gasteiger partial charge < -0.3 is 10.3 Å². The van der Waals surface area contributed by atoms with Crippen molar-refractivity contribution in [3.63, 3.8) is 0 Å². The molecule has 1 aromatic carbocycles. The molecule has 0 saturated heterocycles. The number of imidazole rings is 1. The highest BCUT2D eigenvalue weighted by Crippen LogP contribution is 2.30. The largest absolute Gasteiger partial charge is 0.370 e. The number of aromatic nitrogens is 2. The van der Waals surface area contributed by atoms with E-state index in [0.29, 0.717) is 5.69 Å². The third-order valence-electron chi connectivity index (χ3n) is 2.74. The van der Waals surface area contributed by atoms with Crippen molar-refractivity contribution in [1.29, 1.82) is 0 Å². The smallest absolute Gasteiger partial charge is 0.293 e. The van der Waals surface area contributed by atoms with Crippen LogP contribution >= 0.6 is 22.6 Å². The number of nitro benzene ring substituents is 1. The van der Waals surface area contributed by atoms with Crippen molar-refractivity contribution in [1.82, 2.24) is 9.97 Å². The molecular weight excluding hydrogens is 359 g/mol. The summed E-state index contributed by atoms with van der Waals surface area (Å²) >= 11 is 2.06. The first-order chi connectivity index (χ1) is 9.11. The lowest BCUT2D eigenvalue weighted by Crippen LogP contribution is -2.12. The highest BCUT2D eigenvalue weighted by Gasteiger charge is 2.18. The Hall–Kier alpha value is -1.64. The Labute approximate surface area is 123 Å². The van der Waals surface area contributed by atoms with E-state index in [1.54, 1.807) is 24.5 Å². The van der Waals surface area contributed by atoms with Crippen LogP contribution < -0.4 is 5.32 Å². The van der Waals surface area contributed by atoms with Gasteiger partial charge in [-0.15, -0.1) is 0 Å². The predicted molar refractivity (Wildman–Crippen MR) is 81.1 cm³/mol. The van der Waals surface area contributed by atoms with Gasteiger partial charge in [-0.3, -0.25) is 10.1 Å². The Morgan fingerprint density at radius 2 is 2.37 bits per heavy atom. The molecule has 0 saturated carbocycles. The van der Waals surface area contributed by atoms with Crippen LogP contribution in [-0.2, 0) is 0 Å². The molecule has 0 aliphatic carbocycles. The SMILES string of the molecule is CCC(Nc1ccc(I)cc1[N+](=O)[O-])c1ncc[nH]1. The number of H-pyrrole nitrogens is 1. The van der Waals surface area contributed by atoms with Gasteiger partial charge >= 0.3 is 0 Å². The van der Waals surface area contributed by atoms with Gasteiger partial charge in [0, 0.05) is 22.0 Å². The van der Waals surface area contributed by atoms with E-state index in [-0.39, 0.29) is 16.7 Å². The van der Waals surface area contributed by atoms with Crippen molar-refractivity contribution in [2.45, 2.75) is 19.4 Å². The molecule has 1 aromatic heterocycles. The van der Waals surface area contributed by atoms with Crippen LogP contribution in [0, 0.1) is 13.7 Å². The lowest BCUT2D eigenvalue weighted by atomic mass is 10.2. The standard InChI is InChI=1S/C12H13IN4O2/c1-2-9(12-14-5-6-15-12)16-10-4-3-8(13)7-11(10)17(18)19/h3-7,9,16H,2H2,1H3,(H,14,15). The van der Waals surface area contributed by atoms with Gasteiger partial charge in [0.2, 0.25) is 0 Å². The Bertz CT molecular complexity index is 571. The van der Waals surface area contributed by atoms with Crippen LogP contribution in [0.4, 0.5) is 11.4 Å². The zero-order chi connectivity index (χ0) is 13.8. The van der Waals surface area contributed by atoms with Crippen LogP contribution in [0.25, 0.3) is 0 Å². The molecule has 1 atom stereocenters. The number of nitrogens with zero attached hydrogens (tertiary/aromatic N) is 2. The van der Waals surface area contributed by atoms with Gasteiger partial charge in [-0.1, -0.05) is 6.92 Å². The van der Waals surface area contributed by atoms with E-state index in [1.165, 1.54) is 0 Å². The second-order valence-corrected chi connectivity index (χ2v) is 5.24. The van der Waals surface area contributed by atoms with Crippen molar-refractivity contribution < 1.29 is 4.92 Å². The Morgan fingerprint density at radius 1 is 1.58 bits per heavy atom. The number of halogens is 1. The van der Waals surface area contributed by atoms with E-state index in [4.69, 9.17) is 0 Å². The quantitative estimate of drug-likeness (QED) is 0.478. The molecule has 0 radical (unpaired) electrons. The molecule has 7 heteroatoms. The molecule has 0 bridgehead atoms. The molecule has 0 fully saturated rings. The lowest BCUT2D eigenvalue weighted by Gasteiger charge is -2.16. The van der Waals surface area contributed by atoms with Crippen molar-refractivity contribution in [2.24, 2.45) is 0 Å². The number of nitro groups is 1. The molecular formula is C12H13IN4O2. The fourth-order valence-corrected chi connectivity index (χ4v) is 2.27. The van der Waals surface area contributed by atoms with Crippen LogP contribution in [0.3, 0.4) is 0 Å². The van der Waals surface area contributed by atoms with Gasteiger partial charge in [-0.2, -0.15) is 0 Å². The molecule has 0 aliphatic rings. The van der Waals surface area contributed by atoms with E-state index in [0.717, 1.165) is 15.8 Å². The van der Waals surface area contributed by atoms with E-state index >= 15 is 0 Å². The normalized spacial score (nSPS) is 12.1. The molecule has 0 spiro atoms. The first kappa shape index (κ1) is 13.8. The zero-order valence-corrected chi connectivity index (χ0v) is 12.4. The predicted octanol–water partition coefficient (Wildman–Crippen LogP) is 3.49. The lowest BCUT2D eigenvalue weighted by molar-refractivity contribution is -0.384. The Balaban J connectivity index is 2.29. The topological polar surface area (TPSA) is 83.8 Å². The van der Waals surface area contributed by atoms with Crippen molar-refractivity contribution >= 4 is 34.0 Å². The van der Waals surface area contributed by atoms with Gasteiger partial charge in [-0.05, 0) is 41.1 Å². The van der Waals surface area contributed by atoms with Crippen LogP contribution in [0.5, 0.6) is 0 Å². The maximum absolute atomic E-state index is 11.1. The minimum Gasteiger partial charge on any atom is -0.370 e. The highest BCUT2D eigenvalue weighted by molar-refractivity contribution is 14.1. The molecule has 0 amide bonds. The monoisotopic (exact) mass is 372 g/mol. The Morgan fingerprint density at radius 3 is 2.95 bits per heavy atom. The summed E-state index contributed by atoms with van der Waals surface area (Å²) in [6.45, 7) is 2.00. The van der Waals surface area contributed by atoms with Gasteiger partial charge in [0.25, 0.3) is 5.69 Å². The van der Waals surface area contributed by atoms with Gasteiger partial charge in [0.15, 0.2) is 0 Å². The molecule has 6 nitrogen and oxygen atoms in total.